The minimum Gasteiger partial charge on any atom is -0.492 e. The van der Waals surface area contributed by atoms with E-state index in [1.807, 2.05) is 13.1 Å². The summed E-state index contributed by atoms with van der Waals surface area (Å²) >= 11 is 0. The lowest BCUT2D eigenvalue weighted by Gasteiger charge is -2.42. The summed E-state index contributed by atoms with van der Waals surface area (Å²) in [5.41, 5.74) is 1.26. The third kappa shape index (κ3) is 4.70. The molecule has 0 radical (unpaired) electrons. The predicted molar refractivity (Wildman–Crippen MR) is 87.8 cm³/mol. The maximum Gasteiger partial charge on any atom is 0.119 e. The summed E-state index contributed by atoms with van der Waals surface area (Å²) in [4.78, 5) is 4.96. The fourth-order valence-electron chi connectivity index (χ4n) is 2.94. The van der Waals surface area contributed by atoms with Crippen LogP contribution in [-0.2, 0) is 6.54 Å². The lowest BCUT2D eigenvalue weighted by molar-refractivity contribution is 0.0522. The number of piperazine rings is 1. The molecule has 1 heterocycles. The van der Waals surface area contributed by atoms with E-state index >= 15 is 0 Å². The van der Waals surface area contributed by atoms with E-state index in [0.717, 1.165) is 38.5 Å². The molecule has 4 heteroatoms. The highest BCUT2D eigenvalue weighted by Crippen LogP contribution is 2.15. The molecule has 0 bridgehead atoms. The molecule has 1 aromatic rings. The van der Waals surface area contributed by atoms with Gasteiger partial charge in [0.05, 0.1) is 0 Å². The van der Waals surface area contributed by atoms with Gasteiger partial charge in [0.15, 0.2) is 0 Å². The van der Waals surface area contributed by atoms with Crippen molar-refractivity contribution >= 4 is 0 Å². The van der Waals surface area contributed by atoms with Crippen molar-refractivity contribution in [1.29, 1.82) is 0 Å². The molecule has 118 valence electrons. The van der Waals surface area contributed by atoms with Crippen molar-refractivity contribution in [3.05, 3.63) is 29.8 Å². The highest BCUT2D eigenvalue weighted by molar-refractivity contribution is 5.28. The van der Waals surface area contributed by atoms with E-state index in [4.69, 9.17) is 4.74 Å². The van der Waals surface area contributed by atoms with Crippen molar-refractivity contribution in [1.82, 2.24) is 15.1 Å². The first kappa shape index (κ1) is 16.3. The number of likely N-dealkylation sites (N-methyl/N-ethyl adjacent to an activating group) is 1. The summed E-state index contributed by atoms with van der Waals surface area (Å²) < 4.78 is 5.91. The Morgan fingerprint density at radius 1 is 1.24 bits per heavy atom. The smallest absolute Gasteiger partial charge is 0.119 e. The van der Waals surface area contributed by atoms with Gasteiger partial charge in [-0.25, -0.2) is 0 Å². The van der Waals surface area contributed by atoms with E-state index in [1.165, 1.54) is 5.56 Å². The Morgan fingerprint density at radius 3 is 2.62 bits per heavy atom. The van der Waals surface area contributed by atoms with Gasteiger partial charge < -0.3 is 10.1 Å². The minimum atomic E-state index is 0.618. The zero-order valence-electron chi connectivity index (χ0n) is 13.8. The molecule has 2 rings (SSSR count). The van der Waals surface area contributed by atoms with E-state index in [1.54, 1.807) is 0 Å². The quantitative estimate of drug-likeness (QED) is 0.865. The summed E-state index contributed by atoms with van der Waals surface area (Å²) in [5.74, 6) is 0.970. The fraction of sp³-hybridized carbons (Fsp3) is 0.647. The molecule has 1 fully saturated rings. The highest BCUT2D eigenvalue weighted by atomic mass is 16.5. The molecule has 4 nitrogen and oxygen atoms in total. The largest absolute Gasteiger partial charge is 0.492 e. The first-order valence-electron chi connectivity index (χ1n) is 7.90. The first-order chi connectivity index (χ1) is 10.1. The van der Waals surface area contributed by atoms with Gasteiger partial charge in [-0.2, -0.15) is 0 Å². The van der Waals surface area contributed by atoms with Crippen molar-refractivity contribution in [2.75, 3.05) is 40.3 Å². The van der Waals surface area contributed by atoms with Crippen LogP contribution in [0.2, 0.25) is 0 Å². The Balaban J connectivity index is 1.78. The maximum atomic E-state index is 5.91. The summed E-state index contributed by atoms with van der Waals surface area (Å²) in [6.07, 6.45) is 0. The molecule has 21 heavy (non-hydrogen) atoms. The van der Waals surface area contributed by atoms with E-state index in [2.05, 4.69) is 54.2 Å². The second-order valence-corrected chi connectivity index (χ2v) is 6.15. The average Bonchev–Trinajstić information content (AvgIpc) is 2.45. The highest BCUT2D eigenvalue weighted by Gasteiger charge is 2.25. The Morgan fingerprint density at radius 2 is 1.95 bits per heavy atom. The number of hydrogen-bond donors (Lipinski definition) is 1. The monoisotopic (exact) mass is 291 g/mol. The van der Waals surface area contributed by atoms with E-state index < -0.39 is 0 Å². The standard InChI is InChI=1S/C17H29N3O/c1-14-12-20(13-15(2)19(14)4)8-9-21-17-7-5-6-16(10-17)11-18-3/h5-7,10,14-15,18H,8-9,11-13H2,1-4H3. The summed E-state index contributed by atoms with van der Waals surface area (Å²) in [5, 5.41) is 3.16. The van der Waals surface area contributed by atoms with Gasteiger partial charge in [-0.3, -0.25) is 9.80 Å². The predicted octanol–water partition coefficient (Wildman–Crippen LogP) is 1.81. The van der Waals surface area contributed by atoms with Crippen LogP contribution in [0.3, 0.4) is 0 Å². The topological polar surface area (TPSA) is 27.7 Å². The average molecular weight is 291 g/mol. The molecular weight excluding hydrogens is 262 g/mol. The summed E-state index contributed by atoms with van der Waals surface area (Å²) in [6, 6.07) is 9.57. The Hall–Kier alpha value is -1.10. The first-order valence-corrected chi connectivity index (χ1v) is 7.90. The zero-order valence-corrected chi connectivity index (χ0v) is 13.8. The summed E-state index contributed by atoms with van der Waals surface area (Å²) in [6.45, 7) is 9.49. The van der Waals surface area contributed by atoms with Gasteiger partial charge in [-0.1, -0.05) is 12.1 Å². The number of nitrogens with one attached hydrogen (secondary N) is 1. The maximum absolute atomic E-state index is 5.91. The van der Waals surface area contributed by atoms with Crippen LogP contribution >= 0.6 is 0 Å². The van der Waals surface area contributed by atoms with Crippen molar-refractivity contribution in [3.63, 3.8) is 0 Å². The SMILES string of the molecule is CNCc1cccc(OCCN2CC(C)N(C)C(C)C2)c1. The molecule has 1 saturated heterocycles. The van der Waals surface area contributed by atoms with Crippen LogP contribution < -0.4 is 10.1 Å². The van der Waals surface area contributed by atoms with E-state index in [-0.39, 0.29) is 0 Å². The molecule has 1 N–H and O–H groups in total. The summed E-state index contributed by atoms with van der Waals surface area (Å²) in [7, 11) is 4.18. The van der Waals surface area contributed by atoms with Gasteiger partial charge in [0.2, 0.25) is 0 Å². The van der Waals surface area contributed by atoms with Crippen molar-refractivity contribution in [2.24, 2.45) is 0 Å². The van der Waals surface area contributed by atoms with E-state index in [9.17, 15) is 0 Å². The van der Waals surface area contributed by atoms with E-state index in [0.29, 0.717) is 12.1 Å². The minimum absolute atomic E-state index is 0.618. The number of benzene rings is 1. The zero-order chi connectivity index (χ0) is 15.2. The van der Waals surface area contributed by atoms with Crippen molar-refractivity contribution in [3.8, 4) is 5.75 Å². The van der Waals surface area contributed by atoms with Crippen LogP contribution in [0.15, 0.2) is 24.3 Å². The lowest BCUT2D eigenvalue weighted by atomic mass is 10.1. The molecule has 0 amide bonds. The fourth-order valence-corrected chi connectivity index (χ4v) is 2.94. The Kier molecular flexibility index (Phi) is 6.03. The molecule has 0 saturated carbocycles. The second kappa shape index (κ2) is 7.78. The van der Waals surface area contributed by atoms with Crippen LogP contribution in [0.4, 0.5) is 0 Å². The van der Waals surface area contributed by atoms with Gasteiger partial charge >= 0.3 is 0 Å². The lowest BCUT2D eigenvalue weighted by Crippen LogP contribution is -2.55. The number of nitrogens with zero attached hydrogens (tertiary/aromatic N) is 2. The van der Waals surface area contributed by atoms with Gasteiger partial charge in [0.1, 0.15) is 12.4 Å². The normalized spacial score (nSPS) is 24.2. The Bertz CT molecular complexity index is 426. The molecule has 1 aliphatic rings. The van der Waals surface area contributed by atoms with Gasteiger partial charge in [0.25, 0.3) is 0 Å². The number of ether oxygens (including phenoxy) is 1. The van der Waals surface area contributed by atoms with Gasteiger partial charge in [-0.05, 0) is 45.6 Å². The Labute approximate surface area is 129 Å². The van der Waals surface area contributed by atoms with Crippen LogP contribution in [0.25, 0.3) is 0 Å². The molecule has 0 spiro atoms. The van der Waals surface area contributed by atoms with Crippen LogP contribution in [0, 0.1) is 0 Å². The molecule has 0 aromatic heterocycles. The number of hydrogen-bond acceptors (Lipinski definition) is 4. The van der Waals surface area contributed by atoms with Gasteiger partial charge in [0, 0.05) is 38.3 Å². The molecule has 2 unspecified atom stereocenters. The molecule has 0 aliphatic carbocycles. The third-order valence-electron chi connectivity index (χ3n) is 4.39. The third-order valence-corrected chi connectivity index (χ3v) is 4.39. The molecule has 1 aliphatic heterocycles. The van der Waals surface area contributed by atoms with Crippen molar-refractivity contribution < 1.29 is 4.74 Å². The van der Waals surface area contributed by atoms with Crippen LogP contribution in [0.1, 0.15) is 19.4 Å². The number of rotatable bonds is 6. The van der Waals surface area contributed by atoms with Crippen LogP contribution in [0.5, 0.6) is 5.75 Å². The van der Waals surface area contributed by atoms with Crippen molar-refractivity contribution in [2.45, 2.75) is 32.5 Å². The molecular formula is C17H29N3O. The molecule has 1 aromatic carbocycles. The second-order valence-electron chi connectivity index (χ2n) is 6.15. The van der Waals surface area contributed by atoms with Gasteiger partial charge in [-0.15, -0.1) is 0 Å². The molecule has 2 atom stereocenters. The van der Waals surface area contributed by atoms with Crippen LogP contribution in [-0.4, -0.2) is 62.2 Å².